The zero-order valence-electron chi connectivity index (χ0n) is 17.3. The Morgan fingerprint density at radius 1 is 1.27 bits per heavy atom. The van der Waals surface area contributed by atoms with Crippen molar-refractivity contribution in [3.63, 3.8) is 0 Å². The molecule has 1 heterocycles. The monoisotopic (exact) mass is 418 g/mol. The number of nitrogens with one attached hydrogen (secondary N) is 3. The van der Waals surface area contributed by atoms with Gasteiger partial charge in [-0.25, -0.2) is 13.6 Å². The van der Waals surface area contributed by atoms with E-state index in [2.05, 4.69) is 20.8 Å². The van der Waals surface area contributed by atoms with Crippen molar-refractivity contribution < 1.29 is 18.3 Å². The van der Waals surface area contributed by atoms with Crippen LogP contribution in [-0.4, -0.2) is 34.4 Å². The second kappa shape index (κ2) is 8.24. The van der Waals surface area contributed by atoms with Crippen molar-refractivity contribution in [2.45, 2.75) is 76.4 Å². The van der Waals surface area contributed by atoms with Crippen LogP contribution in [-0.2, 0) is 17.6 Å². The molecule has 6 nitrogen and oxygen atoms in total. The predicted molar refractivity (Wildman–Crippen MR) is 110 cm³/mol. The van der Waals surface area contributed by atoms with Crippen LogP contribution in [0.15, 0.2) is 24.3 Å². The first-order chi connectivity index (χ1) is 14.3. The summed E-state index contributed by atoms with van der Waals surface area (Å²) in [5.74, 6) is -1.74. The Morgan fingerprint density at radius 2 is 2.10 bits per heavy atom. The van der Waals surface area contributed by atoms with Crippen molar-refractivity contribution in [1.82, 2.24) is 15.5 Å². The van der Waals surface area contributed by atoms with Gasteiger partial charge in [-0.15, -0.1) is 0 Å². The number of aromatic amines is 1. The first kappa shape index (κ1) is 20.6. The van der Waals surface area contributed by atoms with Crippen LogP contribution in [0.1, 0.15) is 62.3 Å². The maximum absolute atomic E-state index is 13.7. The highest BCUT2D eigenvalue weighted by molar-refractivity contribution is 5.67. The number of ether oxygens (including phenoxy) is 1. The fraction of sp³-hybridized carbons (Fsp3) is 0.545. The molecular weight excluding hydrogens is 390 g/mol. The number of anilines is 2. The zero-order valence-corrected chi connectivity index (χ0v) is 17.3. The van der Waals surface area contributed by atoms with Crippen molar-refractivity contribution >= 4 is 17.6 Å². The summed E-state index contributed by atoms with van der Waals surface area (Å²) in [6.07, 6.45) is 2.12. The van der Waals surface area contributed by atoms with Crippen LogP contribution >= 0.6 is 0 Å². The number of hydrogen-bond acceptors (Lipinski definition) is 4. The summed E-state index contributed by atoms with van der Waals surface area (Å²) in [7, 11) is 0. The number of fused-ring (bicyclic) bond motifs is 1. The number of aromatic nitrogens is 2. The molecule has 1 unspecified atom stereocenters. The molecule has 1 aromatic carbocycles. The second-order valence-electron chi connectivity index (χ2n) is 8.69. The number of hydrogen-bond donors (Lipinski definition) is 3. The van der Waals surface area contributed by atoms with Crippen molar-refractivity contribution in [1.29, 1.82) is 0 Å². The standard InChI is InChI=1S/C22H28F2N4O2/c1-13(2)25-21(29)30-18-6-4-15(10-18)19-11-20(28-27-19)26-17-5-3-14-7-8-22(23,24)12-16(14)9-17/h3,5,9,11,13,15,18H,4,6-8,10,12H2,1-2H3,(H,25,29)(H2,26,27,28)/t15-,18?/m0/s1. The van der Waals surface area contributed by atoms with E-state index >= 15 is 0 Å². The van der Waals surface area contributed by atoms with Crippen LogP contribution in [0.4, 0.5) is 25.1 Å². The zero-order chi connectivity index (χ0) is 21.3. The largest absolute Gasteiger partial charge is 0.446 e. The van der Waals surface area contributed by atoms with Crippen LogP contribution in [0, 0.1) is 0 Å². The van der Waals surface area contributed by atoms with Gasteiger partial charge in [-0.1, -0.05) is 6.07 Å². The molecule has 2 atom stereocenters. The van der Waals surface area contributed by atoms with Gasteiger partial charge in [0, 0.05) is 42.2 Å². The van der Waals surface area contributed by atoms with E-state index in [4.69, 9.17) is 4.74 Å². The van der Waals surface area contributed by atoms with Crippen LogP contribution in [0.2, 0.25) is 0 Å². The number of H-pyrrole nitrogens is 1. The van der Waals surface area contributed by atoms with Crippen LogP contribution in [0.3, 0.4) is 0 Å². The Kier molecular flexibility index (Phi) is 5.66. The molecule has 0 aliphatic heterocycles. The second-order valence-corrected chi connectivity index (χ2v) is 8.69. The topological polar surface area (TPSA) is 79.0 Å². The molecule has 3 N–H and O–H groups in total. The lowest BCUT2D eigenvalue weighted by Crippen LogP contribution is -2.33. The smallest absolute Gasteiger partial charge is 0.407 e. The van der Waals surface area contributed by atoms with Gasteiger partial charge in [0.05, 0.1) is 0 Å². The van der Waals surface area contributed by atoms with E-state index in [1.165, 1.54) is 0 Å². The molecular formula is C22H28F2N4O2. The average Bonchev–Trinajstić information content (AvgIpc) is 3.29. The molecule has 0 bridgehead atoms. The number of nitrogens with zero attached hydrogens (tertiary/aromatic N) is 1. The van der Waals surface area contributed by atoms with Gasteiger partial charge in [0.15, 0.2) is 5.82 Å². The number of alkyl carbamates (subject to hydrolysis) is 1. The summed E-state index contributed by atoms with van der Waals surface area (Å²) in [6, 6.07) is 7.61. The normalized spacial score (nSPS) is 22.6. The summed E-state index contributed by atoms with van der Waals surface area (Å²) < 4.78 is 32.9. The third kappa shape index (κ3) is 4.91. The van der Waals surface area contributed by atoms with Gasteiger partial charge in [0.25, 0.3) is 5.92 Å². The number of aryl methyl sites for hydroxylation is 1. The third-order valence-electron chi connectivity index (χ3n) is 5.79. The summed E-state index contributed by atoms with van der Waals surface area (Å²) in [5.41, 5.74) is 3.43. The molecule has 2 aromatic rings. The molecule has 0 saturated heterocycles. The number of carbonyl (C=O) groups is 1. The van der Waals surface area contributed by atoms with Gasteiger partial charge in [0.2, 0.25) is 0 Å². The number of amides is 1. The maximum Gasteiger partial charge on any atom is 0.407 e. The first-order valence-electron chi connectivity index (χ1n) is 10.6. The number of rotatable bonds is 5. The minimum atomic E-state index is -2.63. The molecule has 30 heavy (non-hydrogen) atoms. The van der Waals surface area contributed by atoms with Crippen molar-refractivity contribution in [3.8, 4) is 0 Å². The molecule has 2 aliphatic rings. The van der Waals surface area contributed by atoms with Crippen LogP contribution in [0.25, 0.3) is 0 Å². The predicted octanol–water partition coefficient (Wildman–Crippen LogP) is 5.05. The fourth-order valence-corrected chi connectivity index (χ4v) is 4.31. The Hall–Kier alpha value is -2.64. The lowest BCUT2D eigenvalue weighted by atomic mass is 9.89. The van der Waals surface area contributed by atoms with E-state index in [1.807, 2.05) is 32.0 Å². The van der Waals surface area contributed by atoms with Gasteiger partial charge < -0.3 is 15.4 Å². The lowest BCUT2D eigenvalue weighted by molar-refractivity contribution is -0.0122. The van der Waals surface area contributed by atoms with E-state index in [0.29, 0.717) is 17.8 Å². The van der Waals surface area contributed by atoms with Crippen LogP contribution in [0.5, 0.6) is 0 Å². The molecule has 0 spiro atoms. The van der Waals surface area contributed by atoms with E-state index in [-0.39, 0.29) is 37.0 Å². The highest BCUT2D eigenvalue weighted by atomic mass is 19.3. The SMILES string of the molecule is CC(C)NC(=O)OC1CC[C@H](c2cc(Nc3ccc4c(c3)CC(F)(F)CC4)n[nH]2)C1. The molecule has 8 heteroatoms. The molecule has 1 fully saturated rings. The minimum absolute atomic E-state index is 0.0470. The Labute approximate surface area is 174 Å². The van der Waals surface area contributed by atoms with Gasteiger partial charge in [-0.05, 0) is 62.8 Å². The molecule has 1 amide bonds. The van der Waals surface area contributed by atoms with Gasteiger partial charge in [0.1, 0.15) is 6.10 Å². The van der Waals surface area contributed by atoms with E-state index in [1.54, 1.807) is 6.07 Å². The van der Waals surface area contributed by atoms with Gasteiger partial charge >= 0.3 is 6.09 Å². The van der Waals surface area contributed by atoms with Crippen molar-refractivity contribution in [3.05, 3.63) is 41.1 Å². The van der Waals surface area contributed by atoms with Gasteiger partial charge in [-0.3, -0.25) is 5.10 Å². The molecule has 162 valence electrons. The highest BCUT2D eigenvalue weighted by Gasteiger charge is 2.34. The first-order valence-corrected chi connectivity index (χ1v) is 10.6. The summed E-state index contributed by atoms with van der Waals surface area (Å²) in [6.45, 7) is 3.79. The molecule has 0 radical (unpaired) electrons. The van der Waals surface area contributed by atoms with Crippen molar-refractivity contribution in [2.24, 2.45) is 0 Å². The third-order valence-corrected chi connectivity index (χ3v) is 5.79. The van der Waals surface area contributed by atoms with E-state index in [0.717, 1.165) is 36.2 Å². The quantitative estimate of drug-likeness (QED) is 0.635. The summed E-state index contributed by atoms with van der Waals surface area (Å²) >= 11 is 0. The number of benzene rings is 1. The Bertz CT molecular complexity index is 912. The van der Waals surface area contributed by atoms with E-state index < -0.39 is 5.92 Å². The van der Waals surface area contributed by atoms with Crippen LogP contribution < -0.4 is 10.6 Å². The fourth-order valence-electron chi connectivity index (χ4n) is 4.31. The molecule has 4 rings (SSSR count). The summed E-state index contributed by atoms with van der Waals surface area (Å²) in [5, 5.41) is 13.3. The number of carbonyl (C=O) groups excluding carboxylic acids is 1. The number of halogens is 2. The minimum Gasteiger partial charge on any atom is -0.446 e. The van der Waals surface area contributed by atoms with Crippen molar-refractivity contribution in [2.75, 3.05) is 5.32 Å². The Balaban J connectivity index is 1.36. The number of alkyl halides is 2. The van der Waals surface area contributed by atoms with Gasteiger partial charge in [-0.2, -0.15) is 5.10 Å². The average molecular weight is 418 g/mol. The maximum atomic E-state index is 13.7. The van der Waals surface area contributed by atoms with E-state index in [9.17, 15) is 13.6 Å². The summed E-state index contributed by atoms with van der Waals surface area (Å²) in [4.78, 5) is 11.8. The highest BCUT2D eigenvalue weighted by Crippen LogP contribution is 2.37. The molecule has 1 saturated carbocycles. The lowest BCUT2D eigenvalue weighted by Gasteiger charge is -2.24. The molecule has 1 aromatic heterocycles. The Morgan fingerprint density at radius 3 is 2.90 bits per heavy atom. The molecule has 2 aliphatic carbocycles.